The van der Waals surface area contributed by atoms with Gasteiger partial charge < -0.3 is 14.2 Å². The molecule has 0 N–H and O–H groups in total. The zero-order chi connectivity index (χ0) is 21.0. The van der Waals surface area contributed by atoms with Gasteiger partial charge in [-0.3, -0.25) is 9.59 Å². The summed E-state index contributed by atoms with van der Waals surface area (Å²) in [5.74, 6) is -1.74. The fourth-order valence-corrected chi connectivity index (χ4v) is 3.63. The van der Waals surface area contributed by atoms with Gasteiger partial charge in [0.2, 0.25) is 0 Å². The Kier molecular flexibility index (Phi) is 6.32. The van der Waals surface area contributed by atoms with E-state index in [0.29, 0.717) is 23.5 Å². The normalized spacial score (nSPS) is 18.8. The number of esters is 1. The lowest BCUT2D eigenvalue weighted by molar-refractivity contribution is -0.151. The number of hydrogen-bond donors (Lipinski definition) is 0. The topological polar surface area (TPSA) is 61.8 Å². The first-order chi connectivity index (χ1) is 14.0. The van der Waals surface area contributed by atoms with Crippen LogP contribution in [0.5, 0.6) is 11.5 Å². The first-order valence-electron chi connectivity index (χ1n) is 9.36. The van der Waals surface area contributed by atoms with Crippen molar-refractivity contribution < 1.29 is 28.2 Å². The maximum absolute atomic E-state index is 13.9. The average Bonchev–Trinajstić information content (AvgIpc) is 2.72. The van der Waals surface area contributed by atoms with Crippen LogP contribution in [0.3, 0.4) is 0 Å². The maximum atomic E-state index is 13.9. The molecule has 0 radical (unpaired) electrons. The number of ketones is 1. The molecule has 0 aliphatic heterocycles. The van der Waals surface area contributed by atoms with E-state index in [9.17, 15) is 14.0 Å². The molecule has 0 heterocycles. The van der Waals surface area contributed by atoms with Gasteiger partial charge in [-0.05, 0) is 60.4 Å². The fourth-order valence-electron chi connectivity index (χ4n) is 3.63. The van der Waals surface area contributed by atoms with Crippen molar-refractivity contribution in [1.29, 1.82) is 0 Å². The molecular weight excluding hydrogens is 375 g/mol. The molecule has 0 amide bonds. The van der Waals surface area contributed by atoms with Gasteiger partial charge in [0.15, 0.2) is 5.78 Å². The molecule has 2 aromatic carbocycles. The molecule has 3 rings (SSSR count). The molecule has 2 aromatic rings. The monoisotopic (exact) mass is 398 g/mol. The Morgan fingerprint density at radius 3 is 2.38 bits per heavy atom. The Labute approximate surface area is 169 Å². The minimum absolute atomic E-state index is 0.169. The highest BCUT2D eigenvalue weighted by Gasteiger charge is 2.40. The first kappa shape index (κ1) is 20.6. The molecule has 0 unspecified atom stereocenters. The molecule has 29 heavy (non-hydrogen) atoms. The molecule has 0 bridgehead atoms. The molecule has 1 aliphatic rings. The molecule has 152 valence electrons. The SMILES string of the molecule is CCOC(=O)[C@H]1C(=O)C=C(c2cc(OC)cc(OC)c2)C[C@@H]1c1cccc(F)c1. The van der Waals surface area contributed by atoms with Crippen molar-refractivity contribution in [2.75, 3.05) is 20.8 Å². The van der Waals surface area contributed by atoms with Crippen molar-refractivity contribution >= 4 is 17.3 Å². The number of allylic oxidation sites excluding steroid dienone is 2. The number of hydrogen-bond acceptors (Lipinski definition) is 5. The van der Waals surface area contributed by atoms with E-state index in [0.717, 1.165) is 11.1 Å². The van der Waals surface area contributed by atoms with Gasteiger partial charge in [-0.15, -0.1) is 0 Å². The standard InChI is InChI=1S/C23H23FO5/c1-4-29-23(26)22-20(14-6-5-7-17(24)8-14)11-16(12-21(22)25)15-9-18(27-2)13-19(10-15)28-3/h5-10,12-13,20,22H,4,11H2,1-3H3/t20-,22-/m1/s1. The highest BCUT2D eigenvalue weighted by molar-refractivity contribution is 6.10. The molecule has 0 saturated carbocycles. The van der Waals surface area contributed by atoms with Gasteiger partial charge in [-0.25, -0.2) is 4.39 Å². The second-order valence-electron chi connectivity index (χ2n) is 6.77. The Morgan fingerprint density at radius 2 is 1.79 bits per heavy atom. The van der Waals surface area contributed by atoms with Crippen molar-refractivity contribution in [1.82, 2.24) is 0 Å². The molecular formula is C23H23FO5. The summed E-state index contributed by atoms with van der Waals surface area (Å²) in [6.45, 7) is 1.86. The summed E-state index contributed by atoms with van der Waals surface area (Å²) in [6.07, 6.45) is 1.83. The van der Waals surface area contributed by atoms with Crippen molar-refractivity contribution in [3.63, 3.8) is 0 Å². The molecule has 0 saturated heterocycles. The highest BCUT2D eigenvalue weighted by atomic mass is 19.1. The third kappa shape index (κ3) is 4.47. The van der Waals surface area contributed by atoms with Gasteiger partial charge >= 0.3 is 5.97 Å². The summed E-state index contributed by atoms with van der Waals surface area (Å²) in [5.41, 5.74) is 2.05. The lowest BCUT2D eigenvalue weighted by Crippen LogP contribution is -2.34. The van der Waals surface area contributed by atoms with Crippen molar-refractivity contribution in [2.45, 2.75) is 19.3 Å². The van der Waals surface area contributed by atoms with E-state index < -0.39 is 23.6 Å². The van der Waals surface area contributed by atoms with Gasteiger partial charge in [-0.2, -0.15) is 0 Å². The number of benzene rings is 2. The van der Waals surface area contributed by atoms with Gasteiger partial charge in [0, 0.05) is 12.0 Å². The van der Waals surface area contributed by atoms with Gasteiger partial charge in [-0.1, -0.05) is 12.1 Å². The minimum atomic E-state index is -1.01. The van der Waals surface area contributed by atoms with E-state index in [1.165, 1.54) is 18.2 Å². The fraction of sp³-hybridized carbons (Fsp3) is 0.304. The lowest BCUT2D eigenvalue weighted by atomic mass is 9.73. The molecule has 0 fully saturated rings. The molecule has 6 heteroatoms. The smallest absolute Gasteiger partial charge is 0.317 e. The second-order valence-corrected chi connectivity index (χ2v) is 6.77. The van der Waals surface area contributed by atoms with Gasteiger partial charge in [0.25, 0.3) is 0 Å². The number of halogens is 1. The van der Waals surface area contributed by atoms with Gasteiger partial charge in [0.05, 0.1) is 20.8 Å². The van der Waals surface area contributed by atoms with Crippen LogP contribution in [0, 0.1) is 11.7 Å². The minimum Gasteiger partial charge on any atom is -0.497 e. The third-order valence-corrected chi connectivity index (χ3v) is 5.00. The van der Waals surface area contributed by atoms with Crippen LogP contribution in [0.4, 0.5) is 4.39 Å². The Balaban J connectivity index is 2.07. The Morgan fingerprint density at radius 1 is 1.10 bits per heavy atom. The zero-order valence-corrected chi connectivity index (χ0v) is 16.6. The largest absolute Gasteiger partial charge is 0.497 e. The number of methoxy groups -OCH3 is 2. The zero-order valence-electron chi connectivity index (χ0n) is 16.6. The van der Waals surface area contributed by atoms with Crippen LogP contribution in [-0.2, 0) is 14.3 Å². The van der Waals surface area contributed by atoms with Gasteiger partial charge in [0.1, 0.15) is 23.2 Å². The van der Waals surface area contributed by atoms with E-state index in [4.69, 9.17) is 14.2 Å². The van der Waals surface area contributed by atoms with Crippen molar-refractivity contribution in [3.8, 4) is 11.5 Å². The summed E-state index contributed by atoms with van der Waals surface area (Å²) in [6, 6.07) is 11.3. The quantitative estimate of drug-likeness (QED) is 0.540. The molecule has 0 spiro atoms. The Hall–Kier alpha value is -3.15. The lowest BCUT2D eigenvalue weighted by Gasteiger charge is -2.29. The van der Waals surface area contributed by atoms with E-state index in [1.54, 1.807) is 51.5 Å². The predicted octanol–water partition coefficient (Wildman–Crippen LogP) is 4.16. The van der Waals surface area contributed by atoms with E-state index in [2.05, 4.69) is 0 Å². The van der Waals surface area contributed by atoms with E-state index >= 15 is 0 Å². The number of carbonyl (C=O) groups is 2. The maximum Gasteiger partial charge on any atom is 0.317 e. The molecule has 2 atom stereocenters. The van der Waals surface area contributed by atoms with Crippen LogP contribution in [0.25, 0.3) is 5.57 Å². The second kappa shape index (κ2) is 8.90. The van der Waals surface area contributed by atoms with E-state index in [-0.39, 0.29) is 12.4 Å². The van der Waals surface area contributed by atoms with Crippen LogP contribution in [0.1, 0.15) is 30.4 Å². The third-order valence-electron chi connectivity index (χ3n) is 5.00. The number of carbonyl (C=O) groups excluding carboxylic acids is 2. The number of rotatable bonds is 6. The van der Waals surface area contributed by atoms with Crippen LogP contribution in [0.2, 0.25) is 0 Å². The predicted molar refractivity (Wildman–Crippen MR) is 106 cm³/mol. The summed E-state index contributed by atoms with van der Waals surface area (Å²) in [7, 11) is 3.09. The average molecular weight is 398 g/mol. The highest BCUT2D eigenvalue weighted by Crippen LogP contribution is 2.41. The van der Waals surface area contributed by atoms with E-state index in [1.807, 2.05) is 0 Å². The molecule has 1 aliphatic carbocycles. The van der Waals surface area contributed by atoms with Crippen molar-refractivity contribution in [2.24, 2.45) is 5.92 Å². The number of ether oxygens (including phenoxy) is 3. The van der Waals surface area contributed by atoms with Crippen molar-refractivity contribution in [3.05, 3.63) is 65.5 Å². The Bertz CT molecular complexity index is 928. The summed E-state index contributed by atoms with van der Waals surface area (Å²) in [5, 5.41) is 0. The van der Waals surface area contributed by atoms with Crippen LogP contribution >= 0.6 is 0 Å². The van der Waals surface area contributed by atoms with Crippen LogP contribution in [-0.4, -0.2) is 32.6 Å². The van der Waals surface area contributed by atoms with Crippen LogP contribution in [0.15, 0.2) is 48.5 Å². The first-order valence-corrected chi connectivity index (χ1v) is 9.36. The van der Waals surface area contributed by atoms with Crippen LogP contribution < -0.4 is 9.47 Å². The molecule has 0 aromatic heterocycles. The summed E-state index contributed by atoms with van der Waals surface area (Å²) < 4.78 is 29.6. The summed E-state index contributed by atoms with van der Waals surface area (Å²) in [4.78, 5) is 25.5. The summed E-state index contributed by atoms with van der Waals surface area (Å²) >= 11 is 0. The molecule has 5 nitrogen and oxygen atoms in total.